The SMILES string of the molecule is Cc1cc(F)c(F)c(CCCCN)c1. The molecule has 0 spiro atoms. The van der Waals surface area contributed by atoms with Gasteiger partial charge in [0, 0.05) is 0 Å². The third-order valence-corrected chi connectivity index (χ3v) is 2.15. The molecular weight excluding hydrogens is 184 g/mol. The summed E-state index contributed by atoms with van der Waals surface area (Å²) in [4.78, 5) is 0. The van der Waals surface area contributed by atoms with Crippen molar-refractivity contribution in [2.45, 2.75) is 26.2 Å². The van der Waals surface area contributed by atoms with E-state index in [0.29, 0.717) is 18.5 Å². The molecule has 0 fully saturated rings. The zero-order valence-corrected chi connectivity index (χ0v) is 8.32. The van der Waals surface area contributed by atoms with Crippen LogP contribution in [0.4, 0.5) is 8.78 Å². The number of hydrogen-bond donors (Lipinski definition) is 1. The number of aryl methyl sites for hydroxylation is 2. The van der Waals surface area contributed by atoms with Gasteiger partial charge in [0.2, 0.25) is 0 Å². The van der Waals surface area contributed by atoms with E-state index in [1.807, 2.05) is 0 Å². The van der Waals surface area contributed by atoms with Crippen LogP contribution in [0.5, 0.6) is 0 Å². The molecule has 14 heavy (non-hydrogen) atoms. The van der Waals surface area contributed by atoms with Crippen LogP contribution in [-0.2, 0) is 6.42 Å². The van der Waals surface area contributed by atoms with E-state index in [0.717, 1.165) is 18.4 Å². The summed E-state index contributed by atoms with van der Waals surface area (Å²) >= 11 is 0. The van der Waals surface area contributed by atoms with Gasteiger partial charge in [0.25, 0.3) is 0 Å². The van der Waals surface area contributed by atoms with Gasteiger partial charge in [-0.2, -0.15) is 0 Å². The van der Waals surface area contributed by atoms with Gasteiger partial charge >= 0.3 is 0 Å². The Bertz CT molecular complexity index is 310. The Morgan fingerprint density at radius 1 is 1.21 bits per heavy atom. The van der Waals surface area contributed by atoms with Crippen LogP contribution in [-0.4, -0.2) is 6.54 Å². The summed E-state index contributed by atoms with van der Waals surface area (Å²) in [5.41, 5.74) is 6.53. The third-order valence-electron chi connectivity index (χ3n) is 2.15. The van der Waals surface area contributed by atoms with E-state index >= 15 is 0 Å². The second-order valence-electron chi connectivity index (χ2n) is 3.47. The molecule has 0 heterocycles. The fraction of sp³-hybridized carbons (Fsp3) is 0.455. The molecule has 1 aromatic rings. The minimum Gasteiger partial charge on any atom is -0.330 e. The minimum atomic E-state index is -0.757. The van der Waals surface area contributed by atoms with E-state index in [9.17, 15) is 8.78 Å². The van der Waals surface area contributed by atoms with Crippen LogP contribution in [0, 0.1) is 18.6 Å². The highest BCUT2D eigenvalue weighted by Crippen LogP contribution is 2.16. The highest BCUT2D eigenvalue weighted by atomic mass is 19.2. The number of rotatable bonds is 4. The molecule has 0 amide bonds. The third kappa shape index (κ3) is 2.77. The normalized spacial score (nSPS) is 10.6. The van der Waals surface area contributed by atoms with Gasteiger partial charge in [0.05, 0.1) is 0 Å². The number of nitrogens with two attached hydrogens (primary N) is 1. The zero-order valence-electron chi connectivity index (χ0n) is 8.32. The van der Waals surface area contributed by atoms with Gasteiger partial charge < -0.3 is 5.73 Å². The van der Waals surface area contributed by atoms with Gasteiger partial charge in [-0.25, -0.2) is 8.78 Å². The van der Waals surface area contributed by atoms with Crippen molar-refractivity contribution in [2.24, 2.45) is 5.73 Å². The molecule has 0 aromatic heterocycles. The van der Waals surface area contributed by atoms with Crippen molar-refractivity contribution >= 4 is 0 Å². The van der Waals surface area contributed by atoms with Gasteiger partial charge in [0.1, 0.15) is 0 Å². The number of hydrogen-bond acceptors (Lipinski definition) is 1. The van der Waals surface area contributed by atoms with Crippen LogP contribution in [0.25, 0.3) is 0 Å². The molecule has 0 saturated heterocycles. The molecule has 2 N–H and O–H groups in total. The largest absolute Gasteiger partial charge is 0.330 e. The lowest BCUT2D eigenvalue weighted by atomic mass is 10.0. The molecule has 0 bridgehead atoms. The van der Waals surface area contributed by atoms with Crippen molar-refractivity contribution in [3.63, 3.8) is 0 Å². The predicted molar refractivity (Wildman–Crippen MR) is 53.1 cm³/mol. The molecule has 3 heteroatoms. The predicted octanol–water partition coefficient (Wildman–Crippen LogP) is 2.55. The summed E-state index contributed by atoms with van der Waals surface area (Å²) in [7, 11) is 0. The van der Waals surface area contributed by atoms with Gasteiger partial charge in [-0.05, 0) is 49.9 Å². The maximum absolute atomic E-state index is 13.2. The second-order valence-corrected chi connectivity index (χ2v) is 3.47. The van der Waals surface area contributed by atoms with Gasteiger partial charge in [-0.3, -0.25) is 0 Å². The summed E-state index contributed by atoms with van der Waals surface area (Å²) < 4.78 is 26.2. The van der Waals surface area contributed by atoms with Crippen LogP contribution in [0.15, 0.2) is 12.1 Å². The van der Waals surface area contributed by atoms with Gasteiger partial charge in [-0.15, -0.1) is 0 Å². The smallest absolute Gasteiger partial charge is 0.162 e. The molecule has 1 nitrogen and oxygen atoms in total. The first-order valence-electron chi connectivity index (χ1n) is 4.79. The van der Waals surface area contributed by atoms with Crippen molar-refractivity contribution in [1.29, 1.82) is 0 Å². The van der Waals surface area contributed by atoms with E-state index < -0.39 is 11.6 Å². The molecule has 1 rings (SSSR count). The Kier molecular flexibility index (Phi) is 4.01. The molecule has 1 aromatic carbocycles. The maximum atomic E-state index is 13.2. The molecular formula is C11H15F2N. The molecule has 78 valence electrons. The standard InChI is InChI=1S/C11H15F2N/c1-8-6-9(4-2-3-5-14)11(13)10(12)7-8/h6-7H,2-5,14H2,1H3. The highest BCUT2D eigenvalue weighted by molar-refractivity contribution is 5.25. The highest BCUT2D eigenvalue weighted by Gasteiger charge is 2.08. The summed E-state index contributed by atoms with van der Waals surface area (Å²) in [6.07, 6.45) is 2.20. The van der Waals surface area contributed by atoms with E-state index in [1.54, 1.807) is 13.0 Å². The Hall–Kier alpha value is -0.960. The average Bonchev–Trinajstić information content (AvgIpc) is 2.13. The number of halogens is 2. The molecule has 0 radical (unpaired) electrons. The summed E-state index contributed by atoms with van der Waals surface area (Å²) in [5, 5.41) is 0. The lowest BCUT2D eigenvalue weighted by Gasteiger charge is -2.05. The quantitative estimate of drug-likeness (QED) is 0.741. The first-order valence-corrected chi connectivity index (χ1v) is 4.79. The van der Waals surface area contributed by atoms with E-state index in [1.165, 1.54) is 6.07 Å². The second kappa shape index (κ2) is 5.05. The first-order chi connectivity index (χ1) is 6.65. The minimum absolute atomic E-state index is 0.455. The zero-order chi connectivity index (χ0) is 10.6. The molecule has 0 saturated carbocycles. The molecule has 0 aliphatic heterocycles. The molecule has 0 aliphatic carbocycles. The van der Waals surface area contributed by atoms with Gasteiger partial charge in [-0.1, -0.05) is 6.07 Å². The van der Waals surface area contributed by atoms with E-state index in [2.05, 4.69) is 0 Å². The van der Waals surface area contributed by atoms with Crippen molar-refractivity contribution in [3.8, 4) is 0 Å². The lowest BCUT2D eigenvalue weighted by Crippen LogP contribution is -2.01. The fourth-order valence-electron chi connectivity index (χ4n) is 1.44. The Labute approximate surface area is 82.9 Å². The fourth-order valence-corrected chi connectivity index (χ4v) is 1.44. The Morgan fingerprint density at radius 2 is 1.93 bits per heavy atom. The van der Waals surface area contributed by atoms with Crippen LogP contribution in [0.2, 0.25) is 0 Å². The van der Waals surface area contributed by atoms with E-state index in [4.69, 9.17) is 5.73 Å². The van der Waals surface area contributed by atoms with Crippen LogP contribution < -0.4 is 5.73 Å². The monoisotopic (exact) mass is 199 g/mol. The first kappa shape index (κ1) is 11.1. The van der Waals surface area contributed by atoms with Crippen LogP contribution >= 0.6 is 0 Å². The number of benzene rings is 1. The topological polar surface area (TPSA) is 26.0 Å². The van der Waals surface area contributed by atoms with Gasteiger partial charge in [0.15, 0.2) is 11.6 Å². The average molecular weight is 199 g/mol. The van der Waals surface area contributed by atoms with E-state index in [-0.39, 0.29) is 0 Å². The molecule has 0 aliphatic rings. The van der Waals surface area contributed by atoms with Crippen molar-refractivity contribution < 1.29 is 8.78 Å². The van der Waals surface area contributed by atoms with Crippen molar-refractivity contribution in [1.82, 2.24) is 0 Å². The van der Waals surface area contributed by atoms with Crippen LogP contribution in [0.1, 0.15) is 24.0 Å². The van der Waals surface area contributed by atoms with Crippen LogP contribution in [0.3, 0.4) is 0 Å². The Morgan fingerprint density at radius 3 is 2.57 bits per heavy atom. The summed E-state index contributed by atoms with van der Waals surface area (Å²) in [6.45, 7) is 2.35. The Balaban J connectivity index is 2.75. The maximum Gasteiger partial charge on any atom is 0.162 e. The summed E-state index contributed by atoms with van der Waals surface area (Å²) in [5.74, 6) is -1.47. The lowest BCUT2D eigenvalue weighted by molar-refractivity contribution is 0.495. The molecule has 0 atom stereocenters. The summed E-state index contributed by atoms with van der Waals surface area (Å²) in [6, 6.07) is 2.90. The van der Waals surface area contributed by atoms with Crippen molar-refractivity contribution in [3.05, 3.63) is 34.9 Å². The number of unbranched alkanes of at least 4 members (excludes halogenated alkanes) is 1. The van der Waals surface area contributed by atoms with Crippen molar-refractivity contribution in [2.75, 3.05) is 6.54 Å². The molecule has 0 unspecified atom stereocenters.